The summed E-state index contributed by atoms with van der Waals surface area (Å²) in [6.07, 6.45) is 0. The fraction of sp³-hybridized carbons (Fsp3) is 0.400. The highest BCUT2D eigenvalue weighted by Crippen LogP contribution is 2.29. The third kappa shape index (κ3) is 2.33. The normalized spacial score (nSPS) is 29.2. The molecular formula is C10H12ClNO2S. The Balaban J connectivity index is 2.33. The topological polar surface area (TPSA) is 60.2 Å². The molecule has 0 aliphatic carbocycles. The molecule has 2 rings (SSSR count). The predicted octanol–water partition coefficient (Wildman–Crippen LogP) is 1.18. The smallest absolute Gasteiger partial charge is 0.152 e. The van der Waals surface area contributed by atoms with Gasteiger partial charge in [-0.25, -0.2) is 8.42 Å². The highest BCUT2D eigenvalue weighted by molar-refractivity contribution is 7.91. The Morgan fingerprint density at radius 1 is 1.33 bits per heavy atom. The molecule has 3 nitrogen and oxygen atoms in total. The number of sulfone groups is 1. The third-order valence-electron chi connectivity index (χ3n) is 2.67. The summed E-state index contributed by atoms with van der Waals surface area (Å²) in [7, 11) is -2.97. The molecule has 1 aliphatic heterocycles. The Hall–Kier alpha value is -0.580. The zero-order valence-corrected chi connectivity index (χ0v) is 9.63. The van der Waals surface area contributed by atoms with Crippen LogP contribution in [0.15, 0.2) is 24.3 Å². The zero-order valence-electron chi connectivity index (χ0n) is 8.06. The van der Waals surface area contributed by atoms with E-state index in [-0.39, 0.29) is 23.5 Å². The van der Waals surface area contributed by atoms with Gasteiger partial charge in [0.05, 0.1) is 11.5 Å². The molecule has 0 saturated carbocycles. The molecule has 0 bridgehead atoms. The van der Waals surface area contributed by atoms with Gasteiger partial charge in [-0.2, -0.15) is 0 Å². The average Bonchev–Trinajstić information content (AvgIpc) is 2.40. The van der Waals surface area contributed by atoms with Crippen molar-refractivity contribution in [2.75, 3.05) is 11.5 Å². The summed E-state index contributed by atoms with van der Waals surface area (Å²) in [5, 5.41) is 0.615. The Labute approximate surface area is 94.2 Å². The average molecular weight is 246 g/mol. The molecule has 15 heavy (non-hydrogen) atoms. The first-order chi connectivity index (χ1) is 6.98. The number of hydrogen-bond acceptors (Lipinski definition) is 3. The van der Waals surface area contributed by atoms with Crippen LogP contribution in [0.25, 0.3) is 0 Å². The monoisotopic (exact) mass is 245 g/mol. The number of hydrogen-bond donors (Lipinski definition) is 1. The van der Waals surface area contributed by atoms with Crippen LogP contribution in [-0.2, 0) is 9.84 Å². The van der Waals surface area contributed by atoms with Crippen LogP contribution >= 0.6 is 11.6 Å². The van der Waals surface area contributed by atoms with Crippen LogP contribution in [0.1, 0.15) is 11.5 Å². The molecule has 2 N–H and O–H groups in total. The summed E-state index contributed by atoms with van der Waals surface area (Å²) in [6, 6.07) is 6.92. The van der Waals surface area contributed by atoms with Gasteiger partial charge in [-0.3, -0.25) is 0 Å². The second kappa shape index (κ2) is 3.77. The lowest BCUT2D eigenvalue weighted by Crippen LogP contribution is -2.27. The molecule has 0 spiro atoms. The minimum absolute atomic E-state index is 0.0736. The van der Waals surface area contributed by atoms with E-state index in [1.165, 1.54) is 0 Å². The summed E-state index contributed by atoms with van der Waals surface area (Å²) < 4.78 is 22.8. The molecule has 1 aromatic rings. The van der Waals surface area contributed by atoms with E-state index in [1.54, 1.807) is 12.1 Å². The Kier molecular flexibility index (Phi) is 2.75. The van der Waals surface area contributed by atoms with E-state index in [4.69, 9.17) is 17.3 Å². The van der Waals surface area contributed by atoms with Crippen LogP contribution < -0.4 is 5.73 Å². The number of halogens is 1. The van der Waals surface area contributed by atoms with Gasteiger partial charge < -0.3 is 5.73 Å². The van der Waals surface area contributed by atoms with Crippen molar-refractivity contribution in [3.8, 4) is 0 Å². The molecule has 2 unspecified atom stereocenters. The van der Waals surface area contributed by atoms with Crippen molar-refractivity contribution in [2.24, 2.45) is 5.73 Å². The molecule has 1 heterocycles. The van der Waals surface area contributed by atoms with Crippen LogP contribution in [0, 0.1) is 0 Å². The van der Waals surface area contributed by atoms with Crippen LogP contribution in [0.2, 0.25) is 5.02 Å². The van der Waals surface area contributed by atoms with Crippen molar-refractivity contribution in [3.05, 3.63) is 34.9 Å². The second-order valence-corrected chi connectivity index (χ2v) is 6.49. The summed E-state index contributed by atoms with van der Waals surface area (Å²) in [5.74, 6) is 0.0901. The van der Waals surface area contributed by atoms with E-state index in [0.717, 1.165) is 5.56 Å². The van der Waals surface area contributed by atoms with Crippen molar-refractivity contribution in [1.82, 2.24) is 0 Å². The highest BCUT2D eigenvalue weighted by Gasteiger charge is 2.36. The van der Waals surface area contributed by atoms with Gasteiger partial charge in [0.2, 0.25) is 0 Å². The maximum Gasteiger partial charge on any atom is 0.152 e. The van der Waals surface area contributed by atoms with E-state index in [2.05, 4.69) is 0 Å². The maximum absolute atomic E-state index is 11.4. The van der Waals surface area contributed by atoms with Gasteiger partial charge in [0.25, 0.3) is 0 Å². The van der Waals surface area contributed by atoms with Crippen molar-refractivity contribution in [2.45, 2.75) is 12.0 Å². The molecule has 0 amide bonds. The van der Waals surface area contributed by atoms with E-state index in [0.29, 0.717) is 5.02 Å². The molecule has 2 atom stereocenters. The maximum atomic E-state index is 11.4. The fourth-order valence-corrected chi connectivity index (χ4v) is 4.10. The molecule has 1 aromatic carbocycles. The summed E-state index contributed by atoms with van der Waals surface area (Å²) in [5.41, 5.74) is 6.73. The molecule has 1 aliphatic rings. The summed E-state index contributed by atoms with van der Waals surface area (Å²) in [4.78, 5) is 0. The summed E-state index contributed by atoms with van der Waals surface area (Å²) >= 11 is 5.85. The largest absolute Gasteiger partial charge is 0.326 e. The van der Waals surface area contributed by atoms with Crippen molar-refractivity contribution in [1.29, 1.82) is 0 Å². The standard InChI is InChI=1S/C10H12ClNO2S/c11-8-3-1-2-7(4-8)9-5-15(13,14)6-10(9)12/h1-4,9-10H,5-6,12H2. The Bertz CT molecular complexity index is 472. The van der Waals surface area contributed by atoms with Gasteiger partial charge in [0.15, 0.2) is 9.84 Å². The van der Waals surface area contributed by atoms with Gasteiger partial charge >= 0.3 is 0 Å². The van der Waals surface area contributed by atoms with Gasteiger partial charge in [-0.15, -0.1) is 0 Å². The molecule has 82 valence electrons. The van der Waals surface area contributed by atoms with Gasteiger partial charge in [-0.05, 0) is 17.7 Å². The molecule has 0 radical (unpaired) electrons. The predicted molar refractivity (Wildman–Crippen MR) is 60.8 cm³/mol. The molecule has 0 aromatic heterocycles. The van der Waals surface area contributed by atoms with E-state index < -0.39 is 9.84 Å². The number of rotatable bonds is 1. The molecule has 1 saturated heterocycles. The van der Waals surface area contributed by atoms with Crippen LogP contribution in [0.3, 0.4) is 0 Å². The van der Waals surface area contributed by atoms with Crippen molar-refractivity contribution < 1.29 is 8.42 Å². The van der Waals surface area contributed by atoms with E-state index in [1.807, 2.05) is 12.1 Å². The van der Waals surface area contributed by atoms with E-state index in [9.17, 15) is 8.42 Å². The second-order valence-electron chi connectivity index (χ2n) is 3.90. The molecule has 1 fully saturated rings. The zero-order chi connectivity index (χ0) is 11.1. The van der Waals surface area contributed by atoms with Crippen LogP contribution in [-0.4, -0.2) is 26.0 Å². The Morgan fingerprint density at radius 3 is 2.60 bits per heavy atom. The minimum Gasteiger partial charge on any atom is -0.326 e. The van der Waals surface area contributed by atoms with Gasteiger partial charge in [0, 0.05) is 17.0 Å². The third-order valence-corrected chi connectivity index (χ3v) is 4.67. The fourth-order valence-electron chi connectivity index (χ4n) is 1.96. The quantitative estimate of drug-likeness (QED) is 0.808. The highest BCUT2D eigenvalue weighted by atomic mass is 35.5. The minimum atomic E-state index is -2.97. The Morgan fingerprint density at radius 2 is 2.07 bits per heavy atom. The lowest BCUT2D eigenvalue weighted by molar-refractivity contribution is 0.601. The number of nitrogens with two attached hydrogens (primary N) is 1. The lowest BCUT2D eigenvalue weighted by Gasteiger charge is -2.13. The van der Waals surface area contributed by atoms with Crippen molar-refractivity contribution in [3.63, 3.8) is 0 Å². The van der Waals surface area contributed by atoms with Crippen LogP contribution in [0.5, 0.6) is 0 Å². The first kappa shape index (κ1) is 10.9. The lowest BCUT2D eigenvalue weighted by atomic mass is 9.95. The van der Waals surface area contributed by atoms with Crippen LogP contribution in [0.4, 0.5) is 0 Å². The van der Waals surface area contributed by atoms with E-state index >= 15 is 0 Å². The molecular weight excluding hydrogens is 234 g/mol. The van der Waals surface area contributed by atoms with Gasteiger partial charge in [0.1, 0.15) is 0 Å². The first-order valence-corrected chi connectivity index (χ1v) is 6.89. The number of benzene rings is 1. The van der Waals surface area contributed by atoms with Gasteiger partial charge in [-0.1, -0.05) is 23.7 Å². The van der Waals surface area contributed by atoms with Crippen molar-refractivity contribution >= 4 is 21.4 Å². The first-order valence-electron chi connectivity index (χ1n) is 4.69. The SMILES string of the molecule is NC1CS(=O)(=O)CC1c1cccc(Cl)c1. The molecule has 5 heteroatoms. The summed E-state index contributed by atoms with van der Waals surface area (Å²) in [6.45, 7) is 0.